The molecular weight excluding hydrogens is 444 g/mol. The Morgan fingerprint density at radius 3 is 2.23 bits per heavy atom. The minimum Gasteiger partial charge on any atom is -0.494 e. The summed E-state index contributed by atoms with van der Waals surface area (Å²) in [5, 5.41) is 18.3. The van der Waals surface area contributed by atoms with E-state index in [9.17, 15) is 19.5 Å². The average Bonchev–Trinajstić information content (AvgIpc) is 2.83. The van der Waals surface area contributed by atoms with Crippen LogP contribution in [0.4, 0.5) is 5.69 Å². The highest BCUT2D eigenvalue weighted by Gasteiger charge is 2.18. The largest absolute Gasteiger partial charge is 0.494 e. The van der Waals surface area contributed by atoms with Crippen LogP contribution in [0.15, 0.2) is 76.6 Å². The van der Waals surface area contributed by atoms with Crippen LogP contribution in [0.5, 0.6) is 5.88 Å². The first kappa shape index (κ1) is 23.4. The lowest BCUT2D eigenvalue weighted by Crippen LogP contribution is -2.32. The van der Waals surface area contributed by atoms with Crippen LogP contribution in [0.3, 0.4) is 0 Å². The smallest absolute Gasteiger partial charge is 0.329 e. The first-order valence-electron chi connectivity index (χ1n) is 10.9. The molecule has 1 heterocycles. The zero-order valence-electron chi connectivity index (χ0n) is 19.5. The number of hydrogen-bond acceptors (Lipinski definition) is 5. The van der Waals surface area contributed by atoms with Gasteiger partial charge in [-0.15, -0.1) is 0 Å². The Bertz CT molecular complexity index is 1540. The molecular formula is C27H24N4O4. The van der Waals surface area contributed by atoms with Gasteiger partial charge in [0.25, 0.3) is 5.56 Å². The van der Waals surface area contributed by atoms with Gasteiger partial charge in [-0.25, -0.2) is 9.99 Å². The molecule has 0 unspecified atom stereocenters. The molecule has 0 radical (unpaired) electrons. The number of carbonyl (C=O) groups excluding carboxylic acids is 2. The molecule has 3 aromatic carbocycles. The molecule has 35 heavy (non-hydrogen) atoms. The van der Waals surface area contributed by atoms with E-state index in [-0.39, 0.29) is 17.0 Å². The number of amides is 2. The van der Waals surface area contributed by atoms with Crippen LogP contribution in [-0.2, 0) is 9.59 Å². The highest BCUT2D eigenvalue weighted by molar-refractivity contribution is 6.39. The molecule has 4 rings (SSSR count). The lowest BCUT2D eigenvalue weighted by molar-refractivity contribution is -0.136. The molecule has 8 heteroatoms. The van der Waals surface area contributed by atoms with Gasteiger partial charge in [0.2, 0.25) is 5.88 Å². The zero-order chi connectivity index (χ0) is 25.1. The Balaban J connectivity index is 1.67. The molecule has 1 aromatic heterocycles. The second-order valence-electron chi connectivity index (χ2n) is 8.23. The van der Waals surface area contributed by atoms with Crippen molar-refractivity contribution in [2.75, 3.05) is 5.32 Å². The van der Waals surface area contributed by atoms with Crippen molar-refractivity contribution in [3.05, 3.63) is 99.3 Å². The van der Waals surface area contributed by atoms with Gasteiger partial charge in [0.1, 0.15) is 0 Å². The van der Waals surface area contributed by atoms with Gasteiger partial charge < -0.3 is 10.4 Å². The number of carbonyl (C=O) groups is 2. The van der Waals surface area contributed by atoms with E-state index in [4.69, 9.17) is 0 Å². The lowest BCUT2D eigenvalue weighted by atomic mass is 10.1. The van der Waals surface area contributed by atoms with E-state index in [1.165, 1.54) is 10.8 Å². The fourth-order valence-corrected chi connectivity index (χ4v) is 3.80. The van der Waals surface area contributed by atoms with Crippen molar-refractivity contribution in [3.63, 3.8) is 0 Å². The Morgan fingerprint density at radius 1 is 0.886 bits per heavy atom. The van der Waals surface area contributed by atoms with Crippen molar-refractivity contribution in [1.82, 2.24) is 9.99 Å². The quantitative estimate of drug-likeness (QED) is 0.241. The van der Waals surface area contributed by atoms with Gasteiger partial charge in [-0.05, 0) is 50.6 Å². The summed E-state index contributed by atoms with van der Waals surface area (Å²) in [5.74, 6) is -2.20. The number of pyridine rings is 1. The van der Waals surface area contributed by atoms with Crippen LogP contribution in [0, 0.1) is 20.8 Å². The van der Waals surface area contributed by atoms with Gasteiger partial charge in [0, 0.05) is 16.5 Å². The summed E-state index contributed by atoms with van der Waals surface area (Å²) in [4.78, 5) is 37.6. The molecule has 0 spiro atoms. The third-order valence-corrected chi connectivity index (χ3v) is 5.57. The van der Waals surface area contributed by atoms with Crippen molar-refractivity contribution in [3.8, 4) is 11.6 Å². The summed E-state index contributed by atoms with van der Waals surface area (Å²) < 4.78 is 1.21. The number of aromatic hydroxyl groups is 1. The normalized spacial score (nSPS) is 11.1. The van der Waals surface area contributed by atoms with E-state index in [0.29, 0.717) is 22.1 Å². The summed E-state index contributed by atoms with van der Waals surface area (Å²) >= 11 is 0. The second kappa shape index (κ2) is 9.64. The first-order valence-corrected chi connectivity index (χ1v) is 10.9. The maximum Gasteiger partial charge on any atom is 0.329 e. The van der Waals surface area contributed by atoms with Crippen LogP contribution in [0.1, 0.15) is 22.3 Å². The predicted octanol–water partition coefficient (Wildman–Crippen LogP) is 3.71. The predicted molar refractivity (Wildman–Crippen MR) is 136 cm³/mol. The van der Waals surface area contributed by atoms with Crippen LogP contribution in [0.2, 0.25) is 0 Å². The number of nitrogens with zero attached hydrogens (tertiary/aromatic N) is 2. The third-order valence-electron chi connectivity index (χ3n) is 5.57. The number of fused-ring (bicyclic) bond motifs is 1. The van der Waals surface area contributed by atoms with Crippen molar-refractivity contribution < 1.29 is 14.7 Å². The Kier molecular flexibility index (Phi) is 6.46. The van der Waals surface area contributed by atoms with E-state index in [1.54, 1.807) is 42.5 Å². The number of aryl methyl sites for hydroxylation is 3. The lowest BCUT2D eigenvalue weighted by Gasteiger charge is -2.15. The molecule has 8 nitrogen and oxygen atoms in total. The van der Waals surface area contributed by atoms with E-state index >= 15 is 0 Å². The second-order valence-corrected chi connectivity index (χ2v) is 8.23. The highest BCUT2D eigenvalue weighted by Crippen LogP contribution is 2.27. The number of aromatic nitrogens is 1. The molecule has 3 N–H and O–H groups in total. The summed E-state index contributed by atoms with van der Waals surface area (Å²) in [6, 6.07) is 19.3. The molecule has 176 valence electrons. The Labute approximate surface area is 201 Å². The van der Waals surface area contributed by atoms with Crippen molar-refractivity contribution in [2.45, 2.75) is 20.8 Å². The third kappa shape index (κ3) is 4.81. The standard InChI is InChI=1S/C27H24N4O4/c1-16-8-11-19(12-9-16)29-24(32)25(33)30-28-15-22-20-6-4-5-7-21(20)26(34)31(27(22)35)23-13-10-17(2)14-18(23)3/h4-15,35H,1-3H3,(H,29,32)(H,30,33)/b28-15+. The maximum atomic E-state index is 13.2. The number of nitrogens with one attached hydrogen (secondary N) is 2. The number of hydrogen-bond donors (Lipinski definition) is 3. The van der Waals surface area contributed by atoms with Crippen molar-refractivity contribution in [1.29, 1.82) is 0 Å². The molecule has 0 aliphatic carbocycles. The van der Waals surface area contributed by atoms with Crippen molar-refractivity contribution >= 4 is 34.5 Å². The molecule has 2 amide bonds. The van der Waals surface area contributed by atoms with Gasteiger partial charge in [0.05, 0.1) is 17.5 Å². The molecule has 4 aromatic rings. The summed E-state index contributed by atoms with van der Waals surface area (Å²) in [7, 11) is 0. The molecule has 0 saturated carbocycles. The molecule has 0 aliphatic rings. The van der Waals surface area contributed by atoms with Gasteiger partial charge >= 0.3 is 11.8 Å². The average molecular weight is 469 g/mol. The zero-order valence-corrected chi connectivity index (χ0v) is 19.5. The monoisotopic (exact) mass is 468 g/mol. The maximum absolute atomic E-state index is 13.2. The van der Waals surface area contributed by atoms with Crippen LogP contribution >= 0.6 is 0 Å². The number of benzene rings is 3. The number of anilines is 1. The minimum atomic E-state index is -0.978. The fourth-order valence-electron chi connectivity index (χ4n) is 3.80. The first-order chi connectivity index (χ1) is 16.8. The van der Waals surface area contributed by atoms with E-state index in [0.717, 1.165) is 16.7 Å². The van der Waals surface area contributed by atoms with Gasteiger partial charge in [-0.3, -0.25) is 14.4 Å². The van der Waals surface area contributed by atoms with E-state index in [1.807, 2.05) is 45.0 Å². The minimum absolute atomic E-state index is 0.222. The van der Waals surface area contributed by atoms with Crippen LogP contribution < -0.4 is 16.3 Å². The Hall–Kier alpha value is -4.72. The summed E-state index contributed by atoms with van der Waals surface area (Å²) in [6.45, 7) is 5.70. The van der Waals surface area contributed by atoms with Crippen LogP contribution in [0.25, 0.3) is 16.5 Å². The molecule has 0 saturated heterocycles. The highest BCUT2D eigenvalue weighted by atomic mass is 16.3. The van der Waals surface area contributed by atoms with E-state index in [2.05, 4.69) is 15.8 Å². The summed E-state index contributed by atoms with van der Waals surface area (Å²) in [5.41, 5.74) is 5.86. The molecule has 0 bridgehead atoms. The van der Waals surface area contributed by atoms with Gasteiger partial charge in [-0.1, -0.05) is 53.6 Å². The topological polar surface area (TPSA) is 113 Å². The van der Waals surface area contributed by atoms with Gasteiger partial charge in [-0.2, -0.15) is 5.10 Å². The fraction of sp³-hybridized carbons (Fsp3) is 0.111. The number of rotatable bonds is 4. The molecule has 0 fully saturated rings. The van der Waals surface area contributed by atoms with Crippen molar-refractivity contribution in [2.24, 2.45) is 5.10 Å². The van der Waals surface area contributed by atoms with Crippen LogP contribution in [-0.4, -0.2) is 27.7 Å². The SMILES string of the molecule is Cc1ccc(NC(=O)C(=O)N/N=C/c2c(O)n(-c3ccc(C)cc3C)c(=O)c3ccccc23)cc1. The molecule has 0 aliphatic heterocycles. The molecule has 0 atom stereocenters. The number of hydrazone groups is 1. The van der Waals surface area contributed by atoms with E-state index < -0.39 is 11.8 Å². The Morgan fingerprint density at radius 2 is 1.54 bits per heavy atom. The summed E-state index contributed by atoms with van der Waals surface area (Å²) in [6.07, 6.45) is 1.22. The van der Waals surface area contributed by atoms with Gasteiger partial charge in [0.15, 0.2) is 0 Å².